The largest absolute Gasteiger partial charge is 0.288 e. The van der Waals surface area contributed by atoms with Gasteiger partial charge in [0.15, 0.2) is 0 Å². The summed E-state index contributed by atoms with van der Waals surface area (Å²) in [5.41, 5.74) is 3.81. The predicted molar refractivity (Wildman–Crippen MR) is 93.1 cm³/mol. The molecule has 1 amide bonds. The molecule has 0 spiro atoms. The number of aromatic nitrogens is 7. The zero-order valence-corrected chi connectivity index (χ0v) is 15.0. The maximum Gasteiger partial charge on any atom is 0.276 e. The maximum atomic E-state index is 12.4. The van der Waals surface area contributed by atoms with E-state index in [1.54, 1.807) is 10.7 Å². The fourth-order valence-corrected chi connectivity index (χ4v) is 2.71. The Kier molecular flexibility index (Phi) is 4.39. The van der Waals surface area contributed by atoms with E-state index in [0.717, 1.165) is 29.2 Å². The van der Waals surface area contributed by atoms with Crippen molar-refractivity contribution in [1.82, 2.24) is 35.2 Å². The lowest BCUT2D eigenvalue weighted by molar-refractivity contribution is 0.102. The van der Waals surface area contributed by atoms with Crippen molar-refractivity contribution in [2.24, 2.45) is 13.0 Å². The van der Waals surface area contributed by atoms with E-state index in [-0.39, 0.29) is 11.9 Å². The first-order valence-electron chi connectivity index (χ1n) is 8.13. The van der Waals surface area contributed by atoms with Gasteiger partial charge in [-0.1, -0.05) is 13.8 Å². The molecule has 0 fully saturated rings. The molecule has 9 nitrogen and oxygen atoms in total. The lowest BCUT2D eigenvalue weighted by Gasteiger charge is -1.98. The van der Waals surface area contributed by atoms with E-state index >= 15 is 0 Å². The van der Waals surface area contributed by atoms with Crippen molar-refractivity contribution in [2.45, 2.75) is 34.1 Å². The zero-order chi connectivity index (χ0) is 18.1. The predicted octanol–water partition coefficient (Wildman–Crippen LogP) is 2.00. The molecule has 3 rings (SSSR count). The van der Waals surface area contributed by atoms with Gasteiger partial charge in [-0.15, -0.1) is 5.10 Å². The van der Waals surface area contributed by atoms with Crippen LogP contribution in [0.4, 0.5) is 5.95 Å². The van der Waals surface area contributed by atoms with Gasteiger partial charge in [0.1, 0.15) is 11.5 Å². The molecule has 0 atom stereocenters. The molecule has 132 valence electrons. The highest BCUT2D eigenvalue weighted by molar-refractivity contribution is 6.02. The van der Waals surface area contributed by atoms with Crippen LogP contribution in [0.1, 0.15) is 41.5 Å². The number of nitrogens with one attached hydrogen (secondary N) is 3. The quantitative estimate of drug-likeness (QED) is 0.655. The van der Waals surface area contributed by atoms with Crippen LogP contribution < -0.4 is 5.32 Å². The second-order valence-electron chi connectivity index (χ2n) is 6.49. The molecule has 0 radical (unpaired) electrons. The lowest BCUT2D eigenvalue weighted by atomic mass is 10.1. The number of nitrogens with zero attached hydrogens (tertiary/aromatic N) is 5. The Morgan fingerprint density at radius 3 is 2.68 bits per heavy atom. The van der Waals surface area contributed by atoms with Gasteiger partial charge in [-0.2, -0.15) is 15.2 Å². The van der Waals surface area contributed by atoms with Crippen LogP contribution in [-0.4, -0.2) is 41.1 Å². The standard InChI is InChI=1S/C16H22N8O/c1-8(2)6-13-17-16(22-21-13)18-15(25)12-7-11(19-20-12)14-9(3)23-24(5)10(14)4/h7-8H,6H2,1-5H3,(H,19,20)(H2,17,18,21,22,25). The van der Waals surface area contributed by atoms with Gasteiger partial charge in [-0.25, -0.2) is 0 Å². The highest BCUT2D eigenvalue weighted by Crippen LogP contribution is 2.25. The molecular weight excluding hydrogens is 320 g/mol. The number of amides is 1. The zero-order valence-electron chi connectivity index (χ0n) is 15.0. The normalized spacial score (nSPS) is 11.3. The number of hydrogen-bond acceptors (Lipinski definition) is 5. The summed E-state index contributed by atoms with van der Waals surface area (Å²) in [4.78, 5) is 16.6. The first-order chi connectivity index (χ1) is 11.8. The summed E-state index contributed by atoms with van der Waals surface area (Å²) in [6.45, 7) is 8.07. The number of aromatic amines is 2. The highest BCUT2D eigenvalue weighted by atomic mass is 16.2. The summed E-state index contributed by atoms with van der Waals surface area (Å²) in [5.74, 6) is 1.12. The molecule has 0 saturated carbocycles. The van der Waals surface area contributed by atoms with E-state index in [0.29, 0.717) is 17.3 Å². The van der Waals surface area contributed by atoms with Gasteiger partial charge < -0.3 is 0 Å². The number of aryl methyl sites for hydroxylation is 2. The Morgan fingerprint density at radius 2 is 2.04 bits per heavy atom. The summed E-state index contributed by atoms with van der Waals surface area (Å²) in [6.07, 6.45) is 0.774. The molecule has 0 unspecified atom stereocenters. The Labute approximate surface area is 145 Å². The maximum absolute atomic E-state index is 12.4. The van der Waals surface area contributed by atoms with Gasteiger partial charge in [0.25, 0.3) is 5.91 Å². The molecule has 0 aliphatic carbocycles. The third kappa shape index (κ3) is 3.44. The van der Waals surface area contributed by atoms with Gasteiger partial charge in [0, 0.05) is 24.7 Å². The van der Waals surface area contributed by atoms with Crippen LogP contribution in [0.2, 0.25) is 0 Å². The van der Waals surface area contributed by atoms with Crippen LogP contribution in [-0.2, 0) is 13.5 Å². The second kappa shape index (κ2) is 6.50. The Bertz CT molecular complexity index is 901. The molecule has 25 heavy (non-hydrogen) atoms. The van der Waals surface area contributed by atoms with E-state index in [1.165, 1.54) is 0 Å². The van der Waals surface area contributed by atoms with Gasteiger partial charge in [0.2, 0.25) is 5.95 Å². The van der Waals surface area contributed by atoms with E-state index in [9.17, 15) is 4.79 Å². The first kappa shape index (κ1) is 16.9. The van der Waals surface area contributed by atoms with Crippen LogP contribution in [0.25, 0.3) is 11.3 Å². The van der Waals surface area contributed by atoms with Crippen LogP contribution in [0, 0.1) is 19.8 Å². The number of hydrogen-bond donors (Lipinski definition) is 3. The SMILES string of the molecule is Cc1nn(C)c(C)c1-c1cc(C(=O)Nc2n[nH]c(CC(C)C)n2)[nH]n1. The van der Waals surface area contributed by atoms with E-state index in [2.05, 4.69) is 49.6 Å². The first-order valence-corrected chi connectivity index (χ1v) is 8.13. The van der Waals surface area contributed by atoms with Crippen molar-refractivity contribution in [3.63, 3.8) is 0 Å². The molecule has 0 saturated heterocycles. The molecule has 3 N–H and O–H groups in total. The van der Waals surface area contributed by atoms with Crippen molar-refractivity contribution in [3.8, 4) is 11.3 Å². The minimum atomic E-state index is -0.340. The number of rotatable bonds is 5. The number of carbonyl (C=O) groups excluding carboxylic acids is 1. The minimum absolute atomic E-state index is 0.255. The minimum Gasteiger partial charge on any atom is -0.288 e. The van der Waals surface area contributed by atoms with Crippen molar-refractivity contribution in [3.05, 3.63) is 29.0 Å². The summed E-state index contributed by atoms with van der Waals surface area (Å²) >= 11 is 0. The van der Waals surface area contributed by atoms with Crippen molar-refractivity contribution >= 4 is 11.9 Å². The van der Waals surface area contributed by atoms with Crippen LogP contribution in [0.15, 0.2) is 6.07 Å². The average Bonchev–Trinajstić information content (AvgIpc) is 3.21. The van der Waals surface area contributed by atoms with E-state index in [4.69, 9.17) is 0 Å². The summed E-state index contributed by atoms with van der Waals surface area (Å²) < 4.78 is 1.79. The molecule has 0 bridgehead atoms. The second-order valence-corrected chi connectivity index (χ2v) is 6.49. The van der Waals surface area contributed by atoms with Gasteiger partial charge in [0.05, 0.1) is 11.4 Å². The lowest BCUT2D eigenvalue weighted by Crippen LogP contribution is -2.13. The molecular formula is C16H22N8O. The summed E-state index contributed by atoms with van der Waals surface area (Å²) in [6, 6.07) is 1.70. The molecule has 0 aromatic carbocycles. The van der Waals surface area contributed by atoms with Crippen LogP contribution in [0.5, 0.6) is 0 Å². The number of carbonyl (C=O) groups is 1. The Hall–Kier alpha value is -2.97. The molecule has 0 aliphatic rings. The third-order valence-electron chi connectivity index (χ3n) is 3.95. The van der Waals surface area contributed by atoms with Crippen LogP contribution in [0.3, 0.4) is 0 Å². The fourth-order valence-electron chi connectivity index (χ4n) is 2.71. The molecule has 3 aromatic rings. The number of H-pyrrole nitrogens is 2. The van der Waals surface area contributed by atoms with Crippen molar-refractivity contribution in [2.75, 3.05) is 5.32 Å². The summed E-state index contributed by atoms with van der Waals surface area (Å²) in [5, 5.41) is 20.9. The Morgan fingerprint density at radius 1 is 1.28 bits per heavy atom. The van der Waals surface area contributed by atoms with Crippen molar-refractivity contribution in [1.29, 1.82) is 0 Å². The van der Waals surface area contributed by atoms with Crippen molar-refractivity contribution < 1.29 is 4.79 Å². The molecule has 3 aromatic heterocycles. The topological polar surface area (TPSA) is 117 Å². The van der Waals surface area contributed by atoms with E-state index < -0.39 is 0 Å². The van der Waals surface area contributed by atoms with Crippen LogP contribution >= 0.6 is 0 Å². The third-order valence-corrected chi connectivity index (χ3v) is 3.95. The summed E-state index contributed by atoms with van der Waals surface area (Å²) in [7, 11) is 1.88. The number of anilines is 1. The van der Waals surface area contributed by atoms with Gasteiger partial charge >= 0.3 is 0 Å². The average molecular weight is 342 g/mol. The Balaban J connectivity index is 1.76. The van der Waals surface area contributed by atoms with Gasteiger partial charge in [-0.05, 0) is 25.8 Å². The molecule has 3 heterocycles. The highest BCUT2D eigenvalue weighted by Gasteiger charge is 2.18. The van der Waals surface area contributed by atoms with Gasteiger partial charge in [-0.3, -0.25) is 25.0 Å². The van der Waals surface area contributed by atoms with E-state index in [1.807, 2.05) is 20.9 Å². The smallest absolute Gasteiger partial charge is 0.276 e. The molecule has 0 aliphatic heterocycles. The molecule has 9 heteroatoms. The monoisotopic (exact) mass is 342 g/mol. The fraction of sp³-hybridized carbons (Fsp3) is 0.438.